The molecule has 1 aliphatic rings. The number of nitrogens with zero attached hydrogens (tertiary/aromatic N) is 1. The highest BCUT2D eigenvalue weighted by molar-refractivity contribution is 5.61. The molecule has 0 spiro atoms. The van der Waals surface area contributed by atoms with Gasteiger partial charge in [-0.1, -0.05) is 13.8 Å². The van der Waals surface area contributed by atoms with Gasteiger partial charge in [0.25, 0.3) is 5.69 Å². The van der Waals surface area contributed by atoms with E-state index in [2.05, 4.69) is 19.2 Å². The van der Waals surface area contributed by atoms with Crippen molar-refractivity contribution >= 4 is 11.4 Å². The van der Waals surface area contributed by atoms with Crippen LogP contribution in [0.1, 0.15) is 25.3 Å². The number of hydrogen-bond acceptors (Lipinski definition) is 3. The number of rotatable bonds is 2. The van der Waals surface area contributed by atoms with Crippen molar-refractivity contribution < 1.29 is 4.92 Å². The van der Waals surface area contributed by atoms with Crippen LogP contribution in [0.25, 0.3) is 0 Å². The Kier molecular flexibility index (Phi) is 2.34. The first-order valence-corrected chi connectivity index (χ1v) is 5.12. The van der Waals surface area contributed by atoms with Gasteiger partial charge in [-0.2, -0.15) is 0 Å². The van der Waals surface area contributed by atoms with Crippen molar-refractivity contribution in [2.45, 2.75) is 19.8 Å². The Labute approximate surface area is 88.5 Å². The van der Waals surface area contributed by atoms with Crippen LogP contribution in [-0.4, -0.2) is 11.5 Å². The number of non-ortho nitro benzene ring substituents is 1. The predicted octanol–water partition coefficient (Wildman–Crippen LogP) is 2.76. The van der Waals surface area contributed by atoms with Crippen LogP contribution in [0.2, 0.25) is 0 Å². The second-order valence-corrected chi connectivity index (χ2v) is 4.26. The van der Waals surface area contributed by atoms with Gasteiger partial charge in [0.1, 0.15) is 0 Å². The highest BCUT2D eigenvalue weighted by atomic mass is 16.6. The standard InChI is InChI=1S/C11H14N2O2/c1-7(2)10-6-12-11-4-3-8(13(14)15)5-9(10)11/h3-5,7,10,12H,6H2,1-2H3/t10-/m0/s1. The van der Waals surface area contributed by atoms with Crippen LogP contribution in [-0.2, 0) is 0 Å². The van der Waals surface area contributed by atoms with Crippen LogP contribution in [0.15, 0.2) is 18.2 Å². The summed E-state index contributed by atoms with van der Waals surface area (Å²) in [6, 6.07) is 5.05. The number of nitrogens with one attached hydrogen (secondary N) is 1. The molecule has 1 aromatic carbocycles. The second-order valence-electron chi connectivity index (χ2n) is 4.26. The normalized spacial score (nSPS) is 18.7. The fraction of sp³-hybridized carbons (Fsp3) is 0.455. The SMILES string of the molecule is CC(C)[C@@H]1CNc2ccc([N+](=O)[O-])cc21. The molecule has 1 atom stereocenters. The van der Waals surface area contributed by atoms with E-state index in [4.69, 9.17) is 0 Å². The third kappa shape index (κ3) is 1.67. The predicted molar refractivity (Wildman–Crippen MR) is 59.2 cm³/mol. The van der Waals surface area contributed by atoms with Gasteiger partial charge in [0.05, 0.1) is 4.92 Å². The molecule has 1 N–H and O–H groups in total. The minimum absolute atomic E-state index is 0.183. The molecule has 0 saturated carbocycles. The van der Waals surface area contributed by atoms with Gasteiger partial charge in [0.15, 0.2) is 0 Å². The smallest absolute Gasteiger partial charge is 0.269 e. The van der Waals surface area contributed by atoms with Crippen LogP contribution in [0.3, 0.4) is 0 Å². The average molecular weight is 206 g/mol. The van der Waals surface area contributed by atoms with Crippen molar-refractivity contribution in [3.8, 4) is 0 Å². The molecule has 0 radical (unpaired) electrons. The van der Waals surface area contributed by atoms with E-state index in [1.165, 1.54) is 0 Å². The molecule has 1 heterocycles. The maximum atomic E-state index is 10.7. The summed E-state index contributed by atoms with van der Waals surface area (Å²) in [4.78, 5) is 10.3. The van der Waals surface area contributed by atoms with Gasteiger partial charge in [-0.05, 0) is 17.5 Å². The number of fused-ring (bicyclic) bond motifs is 1. The first kappa shape index (κ1) is 9.96. The van der Waals surface area contributed by atoms with E-state index in [1.807, 2.05) is 0 Å². The van der Waals surface area contributed by atoms with Crippen LogP contribution < -0.4 is 5.32 Å². The van der Waals surface area contributed by atoms with Gasteiger partial charge in [-0.25, -0.2) is 0 Å². The fourth-order valence-electron chi connectivity index (χ4n) is 2.06. The molecule has 0 aliphatic carbocycles. The van der Waals surface area contributed by atoms with Crippen molar-refractivity contribution in [1.82, 2.24) is 0 Å². The van der Waals surface area contributed by atoms with Crippen LogP contribution in [0, 0.1) is 16.0 Å². The summed E-state index contributed by atoms with van der Waals surface area (Å²) in [7, 11) is 0. The first-order valence-electron chi connectivity index (χ1n) is 5.12. The molecule has 0 aromatic heterocycles. The molecule has 0 bridgehead atoms. The van der Waals surface area contributed by atoms with E-state index in [0.717, 1.165) is 17.8 Å². The quantitative estimate of drug-likeness (QED) is 0.598. The Morgan fingerprint density at radius 1 is 1.53 bits per heavy atom. The molecule has 80 valence electrons. The Morgan fingerprint density at radius 3 is 2.87 bits per heavy atom. The molecule has 2 rings (SSSR count). The zero-order valence-corrected chi connectivity index (χ0v) is 8.86. The van der Waals surface area contributed by atoms with Gasteiger partial charge in [0.2, 0.25) is 0 Å². The van der Waals surface area contributed by atoms with Crippen LogP contribution >= 0.6 is 0 Å². The summed E-state index contributed by atoms with van der Waals surface area (Å²) >= 11 is 0. The van der Waals surface area contributed by atoms with Crippen molar-refractivity contribution in [2.24, 2.45) is 5.92 Å². The molecular weight excluding hydrogens is 192 g/mol. The molecule has 1 aromatic rings. The number of nitro groups is 1. The topological polar surface area (TPSA) is 55.2 Å². The number of anilines is 1. The van der Waals surface area contributed by atoms with Crippen molar-refractivity contribution in [3.05, 3.63) is 33.9 Å². The monoisotopic (exact) mass is 206 g/mol. The van der Waals surface area contributed by atoms with E-state index >= 15 is 0 Å². The zero-order chi connectivity index (χ0) is 11.0. The Morgan fingerprint density at radius 2 is 2.27 bits per heavy atom. The number of nitro benzene ring substituents is 1. The lowest BCUT2D eigenvalue weighted by Gasteiger charge is -2.13. The molecule has 1 aliphatic heterocycles. The lowest BCUT2D eigenvalue weighted by Crippen LogP contribution is -2.08. The van der Waals surface area contributed by atoms with E-state index in [0.29, 0.717) is 11.8 Å². The number of hydrogen-bond donors (Lipinski definition) is 1. The highest BCUT2D eigenvalue weighted by Gasteiger charge is 2.26. The molecule has 0 saturated heterocycles. The molecule has 0 fully saturated rings. The minimum Gasteiger partial charge on any atom is -0.384 e. The summed E-state index contributed by atoms with van der Waals surface area (Å²) in [5.41, 5.74) is 2.31. The van der Waals surface area contributed by atoms with Crippen molar-refractivity contribution in [3.63, 3.8) is 0 Å². The lowest BCUT2D eigenvalue weighted by molar-refractivity contribution is -0.384. The molecule has 4 heteroatoms. The van der Waals surface area contributed by atoms with Crippen LogP contribution in [0.5, 0.6) is 0 Å². The summed E-state index contributed by atoms with van der Waals surface area (Å²) in [6.07, 6.45) is 0. The summed E-state index contributed by atoms with van der Waals surface area (Å²) < 4.78 is 0. The Hall–Kier alpha value is -1.58. The molecule has 15 heavy (non-hydrogen) atoms. The summed E-state index contributed by atoms with van der Waals surface area (Å²) in [6.45, 7) is 5.16. The van der Waals surface area contributed by atoms with Gasteiger partial charge in [-0.3, -0.25) is 10.1 Å². The average Bonchev–Trinajstić information content (AvgIpc) is 2.59. The van der Waals surface area contributed by atoms with Gasteiger partial charge in [0, 0.05) is 30.3 Å². The second kappa shape index (κ2) is 3.53. The Balaban J connectivity index is 2.42. The van der Waals surface area contributed by atoms with E-state index < -0.39 is 0 Å². The highest BCUT2D eigenvalue weighted by Crippen LogP contribution is 2.37. The summed E-state index contributed by atoms with van der Waals surface area (Å²) in [5, 5.41) is 13.9. The third-order valence-electron chi connectivity index (χ3n) is 2.96. The molecular formula is C11H14N2O2. The summed E-state index contributed by atoms with van der Waals surface area (Å²) in [5.74, 6) is 0.889. The third-order valence-corrected chi connectivity index (χ3v) is 2.96. The maximum Gasteiger partial charge on any atom is 0.269 e. The minimum atomic E-state index is -0.337. The van der Waals surface area contributed by atoms with E-state index in [1.54, 1.807) is 18.2 Å². The number of benzene rings is 1. The van der Waals surface area contributed by atoms with Gasteiger partial charge >= 0.3 is 0 Å². The van der Waals surface area contributed by atoms with E-state index in [-0.39, 0.29) is 10.6 Å². The van der Waals surface area contributed by atoms with Crippen molar-refractivity contribution in [1.29, 1.82) is 0 Å². The fourth-order valence-corrected chi connectivity index (χ4v) is 2.06. The largest absolute Gasteiger partial charge is 0.384 e. The molecule has 0 unspecified atom stereocenters. The van der Waals surface area contributed by atoms with Gasteiger partial charge < -0.3 is 5.32 Å². The Bertz CT molecular complexity index is 402. The van der Waals surface area contributed by atoms with Crippen molar-refractivity contribution in [2.75, 3.05) is 11.9 Å². The maximum absolute atomic E-state index is 10.7. The first-order chi connectivity index (χ1) is 7.09. The zero-order valence-electron chi connectivity index (χ0n) is 8.86. The molecule has 4 nitrogen and oxygen atoms in total. The van der Waals surface area contributed by atoms with Crippen LogP contribution in [0.4, 0.5) is 11.4 Å². The lowest BCUT2D eigenvalue weighted by atomic mass is 9.90. The molecule has 0 amide bonds. The van der Waals surface area contributed by atoms with Gasteiger partial charge in [-0.15, -0.1) is 0 Å². The van der Waals surface area contributed by atoms with E-state index in [9.17, 15) is 10.1 Å².